The van der Waals surface area contributed by atoms with Crippen molar-refractivity contribution in [1.29, 1.82) is 0 Å². The summed E-state index contributed by atoms with van der Waals surface area (Å²) in [5.74, 6) is 1.14. The number of thioether (sulfide) groups is 1. The van der Waals surface area contributed by atoms with Gasteiger partial charge >= 0.3 is 0 Å². The number of amides is 1. The van der Waals surface area contributed by atoms with Gasteiger partial charge in [0.2, 0.25) is 0 Å². The molecule has 34 heavy (non-hydrogen) atoms. The Morgan fingerprint density at radius 3 is 2.53 bits per heavy atom. The number of rotatable bonds is 8. The highest BCUT2D eigenvalue weighted by molar-refractivity contribution is 8.26. The van der Waals surface area contributed by atoms with Crippen molar-refractivity contribution in [2.75, 3.05) is 6.61 Å². The van der Waals surface area contributed by atoms with Crippen molar-refractivity contribution >= 4 is 51.9 Å². The Morgan fingerprint density at radius 2 is 1.79 bits per heavy atom. The number of carbonyl (C=O) groups is 1. The van der Waals surface area contributed by atoms with Crippen LogP contribution < -0.4 is 9.47 Å². The Morgan fingerprint density at radius 1 is 1.03 bits per heavy atom. The molecule has 3 aromatic rings. The van der Waals surface area contributed by atoms with Crippen LogP contribution >= 0.6 is 35.6 Å². The molecule has 7 heteroatoms. The lowest BCUT2D eigenvalue weighted by atomic mass is 10.1. The Kier molecular flexibility index (Phi) is 7.93. The minimum absolute atomic E-state index is 0.0902. The van der Waals surface area contributed by atoms with Gasteiger partial charge in [0.25, 0.3) is 5.91 Å². The van der Waals surface area contributed by atoms with E-state index in [0.29, 0.717) is 45.5 Å². The molecule has 0 spiro atoms. The van der Waals surface area contributed by atoms with E-state index < -0.39 is 0 Å². The molecule has 0 aromatic heterocycles. The Labute approximate surface area is 214 Å². The third-order valence-electron chi connectivity index (χ3n) is 5.24. The molecular weight excluding hydrogens is 486 g/mol. The molecule has 1 saturated heterocycles. The topological polar surface area (TPSA) is 38.8 Å². The van der Waals surface area contributed by atoms with Crippen molar-refractivity contribution in [3.8, 4) is 11.5 Å². The summed E-state index contributed by atoms with van der Waals surface area (Å²) in [4.78, 5) is 15.3. The average molecular weight is 510 g/mol. The molecule has 0 aliphatic carbocycles. The molecule has 0 bridgehead atoms. The highest BCUT2D eigenvalue weighted by Crippen LogP contribution is 2.36. The highest BCUT2D eigenvalue weighted by atomic mass is 35.5. The largest absolute Gasteiger partial charge is 0.490 e. The van der Waals surface area contributed by atoms with Crippen LogP contribution in [0.15, 0.2) is 71.6 Å². The lowest BCUT2D eigenvalue weighted by Gasteiger charge is -2.14. The zero-order chi connectivity index (χ0) is 24.1. The van der Waals surface area contributed by atoms with E-state index in [4.69, 9.17) is 33.3 Å². The van der Waals surface area contributed by atoms with E-state index >= 15 is 0 Å². The first-order valence-corrected chi connectivity index (χ1v) is 12.5. The van der Waals surface area contributed by atoms with Crippen LogP contribution in [-0.4, -0.2) is 21.7 Å². The van der Waals surface area contributed by atoms with E-state index in [2.05, 4.69) is 0 Å². The van der Waals surface area contributed by atoms with Crippen molar-refractivity contribution in [3.63, 3.8) is 0 Å². The van der Waals surface area contributed by atoms with Gasteiger partial charge in [-0.3, -0.25) is 9.69 Å². The summed E-state index contributed by atoms with van der Waals surface area (Å²) < 4.78 is 12.3. The average Bonchev–Trinajstić information content (AvgIpc) is 3.08. The maximum atomic E-state index is 13.0. The normalized spacial score (nSPS) is 14.7. The third-order valence-corrected chi connectivity index (χ3v) is 6.99. The number of nitrogens with zero attached hydrogens (tertiary/aromatic N) is 1. The maximum absolute atomic E-state index is 13.0. The monoisotopic (exact) mass is 509 g/mol. The minimum atomic E-state index is -0.0902. The zero-order valence-electron chi connectivity index (χ0n) is 18.9. The van der Waals surface area contributed by atoms with Crippen LogP contribution in [0.1, 0.15) is 29.2 Å². The summed E-state index contributed by atoms with van der Waals surface area (Å²) in [5.41, 5.74) is 3.96. The molecule has 3 aromatic carbocycles. The molecule has 1 aliphatic rings. The number of ether oxygens (including phenoxy) is 2. The molecule has 0 unspecified atom stereocenters. The number of hydrogen-bond donors (Lipinski definition) is 0. The molecule has 174 valence electrons. The molecule has 1 fully saturated rings. The van der Waals surface area contributed by atoms with Gasteiger partial charge in [-0.2, -0.15) is 0 Å². The van der Waals surface area contributed by atoms with Crippen LogP contribution in [-0.2, 0) is 17.9 Å². The fourth-order valence-electron chi connectivity index (χ4n) is 3.44. The summed E-state index contributed by atoms with van der Waals surface area (Å²) >= 11 is 13.0. The van der Waals surface area contributed by atoms with Crippen molar-refractivity contribution in [2.45, 2.75) is 27.0 Å². The smallest absolute Gasteiger partial charge is 0.266 e. The van der Waals surface area contributed by atoms with Gasteiger partial charge in [-0.05, 0) is 49.2 Å². The number of thiocarbonyl (C=S) groups is 1. The van der Waals surface area contributed by atoms with Gasteiger partial charge in [-0.25, -0.2) is 0 Å². The molecule has 4 nitrogen and oxygen atoms in total. The van der Waals surface area contributed by atoms with Gasteiger partial charge in [0.05, 0.1) is 18.1 Å². The van der Waals surface area contributed by atoms with Crippen LogP contribution in [0, 0.1) is 6.92 Å². The molecule has 1 aliphatic heterocycles. The second-order valence-electron chi connectivity index (χ2n) is 7.77. The van der Waals surface area contributed by atoms with Crippen LogP contribution in [0.2, 0.25) is 5.02 Å². The number of benzene rings is 3. The highest BCUT2D eigenvalue weighted by Gasteiger charge is 2.32. The Hall–Kier alpha value is -2.80. The lowest BCUT2D eigenvalue weighted by molar-refractivity contribution is -0.122. The number of aryl methyl sites for hydroxylation is 1. The van der Waals surface area contributed by atoms with Gasteiger partial charge in [0.1, 0.15) is 10.9 Å². The van der Waals surface area contributed by atoms with E-state index in [1.165, 1.54) is 17.3 Å². The standard InChI is InChI=1S/C27H24ClNO3S2/c1-3-31-24-14-20(12-13-23(24)32-17-21-6-4-5-7-22(21)28)15-25-26(30)29(27(33)34-25)16-19-10-8-18(2)9-11-19/h4-15H,3,16-17H2,1-2H3. The fourth-order valence-corrected chi connectivity index (χ4v) is 4.88. The quantitative estimate of drug-likeness (QED) is 0.241. The summed E-state index contributed by atoms with van der Waals surface area (Å²) in [7, 11) is 0. The second-order valence-corrected chi connectivity index (χ2v) is 9.86. The molecule has 0 saturated carbocycles. The molecule has 1 amide bonds. The summed E-state index contributed by atoms with van der Waals surface area (Å²) in [5, 5.41) is 0.657. The zero-order valence-corrected chi connectivity index (χ0v) is 21.3. The van der Waals surface area contributed by atoms with Crippen molar-refractivity contribution in [3.05, 3.63) is 98.9 Å². The molecule has 0 atom stereocenters. The van der Waals surface area contributed by atoms with E-state index in [0.717, 1.165) is 16.7 Å². The lowest BCUT2D eigenvalue weighted by Crippen LogP contribution is -2.27. The molecule has 0 radical (unpaired) electrons. The summed E-state index contributed by atoms with van der Waals surface area (Å²) in [6.07, 6.45) is 1.84. The SMILES string of the molecule is CCOc1cc(C=C2SC(=S)N(Cc3ccc(C)cc3)C2=O)ccc1OCc1ccccc1Cl. The number of halogens is 1. The Bertz CT molecular complexity index is 1240. The van der Waals surface area contributed by atoms with Gasteiger partial charge in [0.15, 0.2) is 11.5 Å². The van der Waals surface area contributed by atoms with E-state index in [1.807, 2.05) is 86.7 Å². The predicted molar refractivity (Wildman–Crippen MR) is 143 cm³/mol. The summed E-state index contributed by atoms with van der Waals surface area (Å²) in [6, 6.07) is 21.3. The predicted octanol–water partition coefficient (Wildman–Crippen LogP) is 7.03. The van der Waals surface area contributed by atoms with Gasteiger partial charge in [-0.15, -0.1) is 0 Å². The van der Waals surface area contributed by atoms with E-state index in [9.17, 15) is 4.79 Å². The molecular formula is C27H24ClNO3S2. The van der Waals surface area contributed by atoms with Crippen molar-refractivity contribution in [1.82, 2.24) is 4.90 Å². The van der Waals surface area contributed by atoms with E-state index in [-0.39, 0.29) is 5.91 Å². The number of carbonyl (C=O) groups excluding carboxylic acids is 1. The van der Waals surface area contributed by atoms with Crippen molar-refractivity contribution < 1.29 is 14.3 Å². The van der Waals surface area contributed by atoms with Crippen LogP contribution in [0.25, 0.3) is 6.08 Å². The molecule has 4 rings (SSSR count). The van der Waals surface area contributed by atoms with Crippen molar-refractivity contribution in [2.24, 2.45) is 0 Å². The van der Waals surface area contributed by atoms with Gasteiger partial charge in [0, 0.05) is 10.6 Å². The molecule has 1 heterocycles. The number of hydrogen-bond acceptors (Lipinski definition) is 5. The van der Waals surface area contributed by atoms with Gasteiger partial charge in [-0.1, -0.05) is 89.7 Å². The fraction of sp³-hybridized carbons (Fsp3) is 0.185. The second kappa shape index (κ2) is 11.1. The van der Waals surface area contributed by atoms with Gasteiger partial charge < -0.3 is 9.47 Å². The van der Waals surface area contributed by atoms with E-state index in [1.54, 1.807) is 4.90 Å². The summed E-state index contributed by atoms with van der Waals surface area (Å²) in [6.45, 7) is 5.24. The molecule has 0 N–H and O–H groups in total. The minimum Gasteiger partial charge on any atom is -0.490 e. The Balaban J connectivity index is 1.51. The first-order valence-electron chi connectivity index (χ1n) is 10.9. The van der Waals surface area contributed by atoms with Crippen LogP contribution in [0.5, 0.6) is 11.5 Å². The van der Waals surface area contributed by atoms with Crippen LogP contribution in [0.3, 0.4) is 0 Å². The first kappa shape index (κ1) is 24.3. The third kappa shape index (κ3) is 5.81. The maximum Gasteiger partial charge on any atom is 0.266 e. The first-order chi connectivity index (χ1) is 16.4. The van der Waals surface area contributed by atoms with Crippen LogP contribution in [0.4, 0.5) is 0 Å².